The number of aromatic nitrogens is 6. The highest BCUT2D eigenvalue weighted by Crippen LogP contribution is 1.98. The summed E-state index contributed by atoms with van der Waals surface area (Å²) in [5.74, 6) is 2.21. The molecule has 40 heavy (non-hydrogen) atoms. The fraction of sp³-hybridized carbons (Fsp3) is 0.214. The van der Waals surface area contributed by atoms with Gasteiger partial charge in [0.25, 0.3) is 0 Å². The Morgan fingerprint density at radius 3 is 1.20 bits per heavy atom. The summed E-state index contributed by atoms with van der Waals surface area (Å²) in [6.07, 6.45) is 10.8. The standard InChI is InChI=1S/C16H17N3O3.C12H13N3O3/c1-3-10-17-14(20)18(11-4-2)16(22)19(15(17)21)12-13-8-6-5-7-9-13;1-4-7-13-10(16)14(8-5-2)12(18)15(9-6-3)11(13)17/h3-9H,1-2,10-12H2;1,5-6H,2-3,7-9H2. The van der Waals surface area contributed by atoms with E-state index < -0.39 is 34.1 Å². The molecule has 2 aromatic heterocycles. The van der Waals surface area contributed by atoms with Crippen molar-refractivity contribution in [2.24, 2.45) is 0 Å². The minimum Gasteiger partial charge on any atom is -0.247 e. The normalized spacial score (nSPS) is 10.1. The smallest absolute Gasteiger partial charge is 0.247 e. The first kappa shape index (κ1) is 30.8. The predicted octanol–water partition coefficient (Wildman–Crippen LogP) is -0.231. The van der Waals surface area contributed by atoms with Crippen molar-refractivity contribution in [2.75, 3.05) is 0 Å². The first-order chi connectivity index (χ1) is 19.2. The first-order valence-corrected chi connectivity index (χ1v) is 12.0. The molecule has 3 aromatic rings. The lowest BCUT2D eigenvalue weighted by Gasteiger charge is -2.12. The van der Waals surface area contributed by atoms with Gasteiger partial charge in [-0.15, -0.1) is 32.7 Å². The lowest BCUT2D eigenvalue weighted by Crippen LogP contribution is -2.54. The summed E-state index contributed by atoms with van der Waals surface area (Å²) in [5, 5.41) is 0. The molecule has 208 valence electrons. The summed E-state index contributed by atoms with van der Waals surface area (Å²) in [6.45, 7) is 14.0. The number of rotatable bonds is 11. The van der Waals surface area contributed by atoms with E-state index in [1.807, 2.05) is 30.3 Å². The Hall–Kier alpha value is -5.44. The van der Waals surface area contributed by atoms with Crippen molar-refractivity contribution >= 4 is 0 Å². The van der Waals surface area contributed by atoms with Crippen LogP contribution in [0, 0.1) is 12.3 Å². The van der Waals surface area contributed by atoms with Gasteiger partial charge in [-0.3, -0.25) is 0 Å². The first-order valence-electron chi connectivity index (χ1n) is 12.0. The topological polar surface area (TPSA) is 132 Å². The lowest BCUT2D eigenvalue weighted by atomic mass is 10.2. The fourth-order valence-electron chi connectivity index (χ4n) is 3.63. The second-order valence-electron chi connectivity index (χ2n) is 8.15. The van der Waals surface area contributed by atoms with Crippen LogP contribution in [0.25, 0.3) is 0 Å². The molecule has 0 radical (unpaired) electrons. The summed E-state index contributed by atoms with van der Waals surface area (Å²) >= 11 is 0. The van der Waals surface area contributed by atoms with E-state index in [9.17, 15) is 28.8 Å². The third kappa shape index (κ3) is 6.70. The van der Waals surface area contributed by atoms with Gasteiger partial charge in [0, 0.05) is 0 Å². The van der Waals surface area contributed by atoms with Crippen LogP contribution in [-0.4, -0.2) is 27.4 Å². The quantitative estimate of drug-likeness (QED) is 0.241. The highest BCUT2D eigenvalue weighted by atomic mass is 16.2. The molecule has 12 heteroatoms. The van der Waals surface area contributed by atoms with Crippen LogP contribution in [0.4, 0.5) is 0 Å². The van der Waals surface area contributed by atoms with Gasteiger partial charge in [0.05, 0.1) is 39.3 Å². The molecule has 0 saturated carbocycles. The maximum Gasteiger partial charge on any atom is 0.337 e. The summed E-state index contributed by atoms with van der Waals surface area (Å²) in [4.78, 5) is 72.7. The summed E-state index contributed by atoms with van der Waals surface area (Å²) in [5.41, 5.74) is -3.29. The zero-order chi connectivity index (χ0) is 29.8. The molecule has 0 saturated heterocycles. The van der Waals surface area contributed by atoms with Crippen LogP contribution in [0.2, 0.25) is 0 Å². The monoisotopic (exact) mass is 546 g/mol. The zero-order valence-electron chi connectivity index (χ0n) is 22.0. The summed E-state index contributed by atoms with van der Waals surface area (Å²) in [7, 11) is 0. The molecule has 0 aliphatic rings. The maximum atomic E-state index is 12.4. The molecular formula is C28H30N6O6. The Morgan fingerprint density at radius 1 is 0.550 bits per heavy atom. The van der Waals surface area contributed by atoms with Crippen molar-refractivity contribution in [1.29, 1.82) is 0 Å². The van der Waals surface area contributed by atoms with Gasteiger partial charge >= 0.3 is 34.1 Å². The van der Waals surface area contributed by atoms with Crippen molar-refractivity contribution in [3.8, 4) is 12.3 Å². The maximum absolute atomic E-state index is 12.4. The van der Waals surface area contributed by atoms with E-state index in [4.69, 9.17) is 6.42 Å². The number of benzene rings is 1. The Kier molecular flexibility index (Phi) is 11.1. The minimum atomic E-state index is -0.733. The van der Waals surface area contributed by atoms with Gasteiger partial charge in [0.1, 0.15) is 0 Å². The van der Waals surface area contributed by atoms with Crippen molar-refractivity contribution in [1.82, 2.24) is 27.4 Å². The second kappa shape index (κ2) is 14.5. The van der Waals surface area contributed by atoms with Crippen LogP contribution < -0.4 is 34.1 Å². The van der Waals surface area contributed by atoms with Crippen molar-refractivity contribution in [2.45, 2.75) is 39.3 Å². The molecule has 0 N–H and O–H groups in total. The van der Waals surface area contributed by atoms with Crippen LogP contribution >= 0.6 is 0 Å². The number of allylic oxidation sites excluding steroid dienone is 4. The Morgan fingerprint density at radius 2 is 0.875 bits per heavy atom. The Bertz CT molecular complexity index is 1710. The van der Waals surface area contributed by atoms with Gasteiger partial charge < -0.3 is 0 Å². The van der Waals surface area contributed by atoms with Gasteiger partial charge in [0.15, 0.2) is 0 Å². The SMILES string of the molecule is C#CCn1c(=O)n(CC=C)c(=O)n(CC=C)c1=O.C=CCn1c(=O)n(CC=C)c(=O)n(Cc2ccccc2)c1=O. The van der Waals surface area contributed by atoms with E-state index in [0.29, 0.717) is 0 Å². The molecule has 0 bridgehead atoms. The lowest BCUT2D eigenvalue weighted by molar-refractivity contribution is 0.498. The van der Waals surface area contributed by atoms with Crippen LogP contribution in [0.5, 0.6) is 0 Å². The number of terminal acetylenes is 1. The molecular weight excluding hydrogens is 516 g/mol. The highest BCUT2D eigenvalue weighted by Gasteiger charge is 2.14. The summed E-state index contributed by atoms with van der Waals surface area (Å²) < 4.78 is 5.64. The fourth-order valence-corrected chi connectivity index (χ4v) is 3.63. The van der Waals surface area contributed by atoms with E-state index in [2.05, 4.69) is 32.2 Å². The molecule has 0 aliphatic heterocycles. The zero-order valence-corrected chi connectivity index (χ0v) is 22.0. The van der Waals surface area contributed by atoms with Gasteiger partial charge in [0.2, 0.25) is 0 Å². The third-order valence-electron chi connectivity index (χ3n) is 5.45. The molecule has 0 aliphatic carbocycles. The molecule has 0 spiro atoms. The van der Waals surface area contributed by atoms with Crippen LogP contribution in [0.15, 0.2) is 110 Å². The van der Waals surface area contributed by atoms with Crippen LogP contribution in [-0.2, 0) is 39.3 Å². The van der Waals surface area contributed by atoms with Gasteiger partial charge in [-0.25, -0.2) is 56.2 Å². The second-order valence-corrected chi connectivity index (χ2v) is 8.15. The molecule has 0 unspecified atom stereocenters. The summed E-state index contributed by atoms with van der Waals surface area (Å²) in [6, 6.07) is 9.12. The van der Waals surface area contributed by atoms with Crippen LogP contribution in [0.3, 0.4) is 0 Å². The molecule has 0 amide bonds. The van der Waals surface area contributed by atoms with E-state index >= 15 is 0 Å². The van der Waals surface area contributed by atoms with E-state index in [-0.39, 0.29) is 39.3 Å². The average molecular weight is 547 g/mol. The number of nitrogens with zero attached hydrogens (tertiary/aromatic N) is 6. The van der Waals surface area contributed by atoms with Gasteiger partial charge in [-0.2, -0.15) is 0 Å². The van der Waals surface area contributed by atoms with E-state index in [1.165, 1.54) is 24.3 Å². The Balaban J connectivity index is 0.000000286. The van der Waals surface area contributed by atoms with Crippen LogP contribution in [0.1, 0.15) is 5.56 Å². The average Bonchev–Trinajstić information content (AvgIpc) is 2.95. The van der Waals surface area contributed by atoms with Gasteiger partial charge in [-0.1, -0.05) is 60.6 Å². The molecule has 1 aromatic carbocycles. The molecule has 0 atom stereocenters. The number of hydrogen-bond donors (Lipinski definition) is 0. The third-order valence-corrected chi connectivity index (χ3v) is 5.45. The van der Waals surface area contributed by atoms with E-state index in [0.717, 1.165) is 33.0 Å². The molecule has 2 heterocycles. The number of hydrogen-bond acceptors (Lipinski definition) is 6. The highest BCUT2D eigenvalue weighted by molar-refractivity contribution is 5.15. The van der Waals surface area contributed by atoms with Crippen molar-refractivity contribution in [3.63, 3.8) is 0 Å². The minimum absolute atomic E-state index is 0.0136. The predicted molar refractivity (Wildman–Crippen MR) is 154 cm³/mol. The molecule has 12 nitrogen and oxygen atoms in total. The molecule has 3 rings (SSSR count). The largest absolute Gasteiger partial charge is 0.337 e. The van der Waals surface area contributed by atoms with Crippen molar-refractivity contribution in [3.05, 3.63) is 149 Å². The molecule has 0 fully saturated rings. The van der Waals surface area contributed by atoms with Crippen molar-refractivity contribution < 1.29 is 0 Å². The Labute approximate surface area is 228 Å². The van der Waals surface area contributed by atoms with Gasteiger partial charge in [-0.05, 0) is 5.56 Å². The van der Waals surface area contributed by atoms with E-state index in [1.54, 1.807) is 0 Å².